The molecule has 1 amide bonds. The lowest BCUT2D eigenvalue weighted by molar-refractivity contribution is -0.119. The molecule has 0 aromatic carbocycles. The Balaban J connectivity index is 3.24. The Kier molecular flexibility index (Phi) is 4.46. The number of pyridine rings is 1. The lowest BCUT2D eigenvalue weighted by Gasteiger charge is -2.22. The normalized spacial score (nSPS) is 10.3. The summed E-state index contributed by atoms with van der Waals surface area (Å²) >= 11 is 0. The first-order chi connectivity index (χ1) is 8.42. The lowest BCUT2D eigenvalue weighted by Crippen LogP contribution is -2.37. The molecule has 0 saturated carbocycles. The second-order valence-corrected chi connectivity index (χ2v) is 3.36. The van der Waals surface area contributed by atoms with Crippen LogP contribution in [0.15, 0.2) is 0 Å². The average Bonchev–Trinajstić information content (AvgIpc) is 2.35. The number of amides is 1. The Morgan fingerprint density at radius 3 is 2.11 bits per heavy atom. The van der Waals surface area contributed by atoms with Gasteiger partial charge in [0.2, 0.25) is 17.5 Å². The molecule has 0 radical (unpaired) electrons. The van der Waals surface area contributed by atoms with Gasteiger partial charge in [0.15, 0.2) is 0 Å². The smallest absolute Gasteiger partial charge is 0.253 e. The van der Waals surface area contributed by atoms with E-state index in [9.17, 15) is 22.4 Å². The van der Waals surface area contributed by atoms with Crippen molar-refractivity contribution in [1.82, 2.24) is 10.3 Å². The van der Waals surface area contributed by atoms with Crippen LogP contribution in [0.3, 0.4) is 0 Å². The molecule has 0 bridgehead atoms. The van der Waals surface area contributed by atoms with Crippen molar-refractivity contribution >= 4 is 11.6 Å². The van der Waals surface area contributed by atoms with E-state index in [0.717, 1.165) is 4.90 Å². The first kappa shape index (κ1) is 14.2. The van der Waals surface area contributed by atoms with Gasteiger partial charge in [-0.3, -0.25) is 4.79 Å². The zero-order chi connectivity index (χ0) is 13.9. The Morgan fingerprint density at radius 2 is 1.72 bits per heavy atom. The molecule has 1 heterocycles. The molecule has 18 heavy (non-hydrogen) atoms. The van der Waals surface area contributed by atoms with Gasteiger partial charge in [-0.15, -0.1) is 0 Å². The molecule has 8 heteroatoms. The highest BCUT2D eigenvalue weighted by Gasteiger charge is 2.25. The van der Waals surface area contributed by atoms with Gasteiger partial charge in [0.25, 0.3) is 11.9 Å². The highest BCUT2D eigenvalue weighted by Crippen LogP contribution is 2.25. The fourth-order valence-electron chi connectivity index (χ4n) is 1.36. The quantitative estimate of drug-likeness (QED) is 0.657. The minimum atomic E-state index is -1.75. The minimum absolute atomic E-state index is 0.00977. The molecule has 0 fully saturated rings. The molecule has 0 aliphatic rings. The van der Waals surface area contributed by atoms with E-state index in [1.165, 1.54) is 14.0 Å². The number of nitrogens with zero attached hydrogens (tertiary/aromatic N) is 2. The second kappa shape index (κ2) is 5.65. The molecular formula is C10H11F4N3O. The number of anilines is 1. The topological polar surface area (TPSA) is 45.2 Å². The number of carbonyl (C=O) groups excluding carboxylic acids is 1. The maximum Gasteiger partial charge on any atom is 0.253 e. The van der Waals surface area contributed by atoms with Crippen molar-refractivity contribution in [2.75, 3.05) is 25.0 Å². The van der Waals surface area contributed by atoms with E-state index in [-0.39, 0.29) is 6.54 Å². The van der Waals surface area contributed by atoms with E-state index in [1.54, 1.807) is 0 Å². The molecule has 1 N–H and O–H groups in total. The number of halogens is 4. The lowest BCUT2D eigenvalue weighted by atomic mass is 10.3. The van der Waals surface area contributed by atoms with E-state index in [2.05, 4.69) is 10.3 Å². The summed E-state index contributed by atoms with van der Waals surface area (Å²) in [6.07, 6.45) is 0. The number of aromatic nitrogens is 1. The third-order valence-corrected chi connectivity index (χ3v) is 2.29. The molecule has 4 nitrogen and oxygen atoms in total. The zero-order valence-corrected chi connectivity index (χ0v) is 9.73. The Bertz CT molecular complexity index is 441. The van der Waals surface area contributed by atoms with Gasteiger partial charge >= 0.3 is 0 Å². The maximum atomic E-state index is 13.4. The molecule has 1 aromatic heterocycles. The summed E-state index contributed by atoms with van der Waals surface area (Å²) in [6.45, 7) is 1.05. The van der Waals surface area contributed by atoms with Crippen molar-refractivity contribution in [2.24, 2.45) is 0 Å². The minimum Gasteiger partial charge on any atom is -0.358 e. The van der Waals surface area contributed by atoms with Crippen LogP contribution in [0.25, 0.3) is 0 Å². The average molecular weight is 265 g/mol. The SMILES string of the molecule is CCN(CC(=O)NC)c1c(F)c(F)nc(F)c1F. The molecule has 0 spiro atoms. The van der Waals surface area contributed by atoms with E-state index < -0.39 is 41.7 Å². The summed E-state index contributed by atoms with van der Waals surface area (Å²) in [4.78, 5) is 14.5. The molecule has 0 saturated heterocycles. The molecule has 0 aliphatic heterocycles. The van der Waals surface area contributed by atoms with Crippen molar-refractivity contribution in [3.63, 3.8) is 0 Å². The molecule has 0 aliphatic carbocycles. The third kappa shape index (κ3) is 2.69. The van der Waals surface area contributed by atoms with Crippen molar-refractivity contribution in [3.8, 4) is 0 Å². The summed E-state index contributed by atoms with van der Waals surface area (Å²) in [6, 6.07) is 0. The van der Waals surface area contributed by atoms with Crippen molar-refractivity contribution in [3.05, 3.63) is 23.5 Å². The van der Waals surface area contributed by atoms with Crippen molar-refractivity contribution in [1.29, 1.82) is 0 Å². The van der Waals surface area contributed by atoms with E-state index in [0.29, 0.717) is 0 Å². The largest absolute Gasteiger partial charge is 0.358 e. The van der Waals surface area contributed by atoms with Crippen LogP contribution in [-0.2, 0) is 4.79 Å². The van der Waals surface area contributed by atoms with Crippen LogP contribution in [0.5, 0.6) is 0 Å². The molecule has 1 rings (SSSR count). The van der Waals surface area contributed by atoms with Crippen LogP contribution in [0.2, 0.25) is 0 Å². The monoisotopic (exact) mass is 265 g/mol. The molecule has 0 atom stereocenters. The fraction of sp³-hybridized carbons (Fsp3) is 0.400. The zero-order valence-electron chi connectivity index (χ0n) is 9.73. The van der Waals surface area contributed by atoms with Gasteiger partial charge in [-0.05, 0) is 6.92 Å². The van der Waals surface area contributed by atoms with Crippen molar-refractivity contribution < 1.29 is 22.4 Å². The second-order valence-electron chi connectivity index (χ2n) is 3.36. The molecule has 0 unspecified atom stereocenters. The van der Waals surface area contributed by atoms with Crippen LogP contribution in [0.4, 0.5) is 23.2 Å². The Morgan fingerprint density at radius 1 is 1.22 bits per heavy atom. The predicted octanol–water partition coefficient (Wildman–Crippen LogP) is 1.21. The number of hydrogen-bond acceptors (Lipinski definition) is 3. The number of nitrogens with one attached hydrogen (secondary N) is 1. The molecular weight excluding hydrogens is 254 g/mol. The van der Waals surface area contributed by atoms with Gasteiger partial charge in [0.05, 0.1) is 6.54 Å². The first-order valence-corrected chi connectivity index (χ1v) is 5.07. The summed E-state index contributed by atoms with van der Waals surface area (Å²) in [5.74, 6) is -7.30. The van der Waals surface area contributed by atoms with E-state index in [4.69, 9.17) is 0 Å². The number of rotatable bonds is 4. The standard InChI is InChI=1S/C10H11F4N3O/c1-3-17(4-5(18)15-2)8-6(11)9(13)16-10(14)7(8)12/h3-4H2,1-2H3,(H,15,18). The van der Waals surface area contributed by atoms with Gasteiger partial charge < -0.3 is 10.2 Å². The van der Waals surface area contributed by atoms with Crippen LogP contribution in [-0.4, -0.2) is 31.0 Å². The summed E-state index contributed by atoms with van der Waals surface area (Å²) in [5.41, 5.74) is -0.939. The Labute approximate surface area is 101 Å². The van der Waals surface area contributed by atoms with Gasteiger partial charge in [-0.25, -0.2) is 0 Å². The van der Waals surface area contributed by atoms with Crippen LogP contribution < -0.4 is 10.2 Å². The van der Waals surface area contributed by atoms with Gasteiger partial charge in [0, 0.05) is 13.6 Å². The number of carbonyl (C=O) groups is 1. The summed E-state index contributed by atoms with van der Waals surface area (Å²) in [7, 11) is 1.33. The summed E-state index contributed by atoms with van der Waals surface area (Å²) < 4.78 is 52.7. The molecule has 100 valence electrons. The maximum absolute atomic E-state index is 13.4. The van der Waals surface area contributed by atoms with E-state index >= 15 is 0 Å². The number of hydrogen-bond donors (Lipinski definition) is 1. The van der Waals surface area contributed by atoms with Gasteiger partial charge in [-0.2, -0.15) is 22.5 Å². The predicted molar refractivity (Wildman–Crippen MR) is 56.0 cm³/mol. The number of likely N-dealkylation sites (N-methyl/N-ethyl adjacent to an activating group) is 2. The van der Waals surface area contributed by atoms with Crippen LogP contribution >= 0.6 is 0 Å². The van der Waals surface area contributed by atoms with Crippen LogP contribution in [0.1, 0.15) is 6.92 Å². The fourth-order valence-corrected chi connectivity index (χ4v) is 1.36. The highest BCUT2D eigenvalue weighted by atomic mass is 19.2. The molecule has 1 aromatic rings. The van der Waals surface area contributed by atoms with E-state index in [1.807, 2.05) is 0 Å². The van der Waals surface area contributed by atoms with Crippen molar-refractivity contribution in [2.45, 2.75) is 6.92 Å². The van der Waals surface area contributed by atoms with Gasteiger partial charge in [-0.1, -0.05) is 0 Å². The van der Waals surface area contributed by atoms with Gasteiger partial charge in [0.1, 0.15) is 5.69 Å². The Hall–Kier alpha value is -1.86. The summed E-state index contributed by atoms with van der Waals surface area (Å²) in [5, 5.41) is 2.24. The third-order valence-electron chi connectivity index (χ3n) is 2.29. The highest BCUT2D eigenvalue weighted by molar-refractivity contribution is 5.81. The van der Waals surface area contributed by atoms with Crippen LogP contribution in [0, 0.1) is 23.5 Å². The first-order valence-electron chi connectivity index (χ1n) is 5.07.